The predicted octanol–water partition coefficient (Wildman–Crippen LogP) is 5.30. The lowest BCUT2D eigenvalue weighted by atomic mass is 10.00. The molecule has 1 aliphatic heterocycles. The van der Waals surface area contributed by atoms with Gasteiger partial charge in [-0.05, 0) is 60.4 Å². The third-order valence-electron chi connectivity index (χ3n) is 5.55. The Balaban J connectivity index is 1.30. The molecular formula is C25H22FN5O2. The molecule has 8 heteroatoms. The molecule has 2 amide bonds. The molecule has 2 aromatic carbocycles. The summed E-state index contributed by atoms with van der Waals surface area (Å²) >= 11 is 0. The molecule has 0 atom stereocenters. The van der Waals surface area contributed by atoms with Gasteiger partial charge in [-0.15, -0.1) is 0 Å². The van der Waals surface area contributed by atoms with Crippen molar-refractivity contribution in [2.75, 3.05) is 11.9 Å². The summed E-state index contributed by atoms with van der Waals surface area (Å²) in [5.41, 5.74) is 3.91. The molecule has 0 saturated carbocycles. The highest BCUT2D eigenvalue weighted by Crippen LogP contribution is 2.29. The van der Waals surface area contributed by atoms with E-state index in [1.807, 2.05) is 31.2 Å². The molecule has 0 unspecified atom stereocenters. The molecule has 0 fully saturated rings. The van der Waals surface area contributed by atoms with Gasteiger partial charge in [0.1, 0.15) is 23.0 Å². The molecule has 166 valence electrons. The highest BCUT2D eigenvalue weighted by molar-refractivity contribution is 5.89. The van der Waals surface area contributed by atoms with Gasteiger partial charge < -0.3 is 19.9 Å². The van der Waals surface area contributed by atoms with Gasteiger partial charge in [-0.2, -0.15) is 0 Å². The van der Waals surface area contributed by atoms with E-state index in [0.717, 1.165) is 17.5 Å². The van der Waals surface area contributed by atoms with E-state index >= 15 is 0 Å². The van der Waals surface area contributed by atoms with Gasteiger partial charge in [0.2, 0.25) is 0 Å². The molecule has 4 aromatic rings. The molecule has 0 bridgehead atoms. The van der Waals surface area contributed by atoms with Crippen molar-refractivity contribution in [2.45, 2.75) is 19.9 Å². The number of carbonyl (C=O) groups excluding carboxylic acids is 1. The molecule has 0 spiro atoms. The number of fused-ring (bicyclic) bond motifs is 1. The first kappa shape index (κ1) is 20.7. The maximum absolute atomic E-state index is 14.1. The van der Waals surface area contributed by atoms with Gasteiger partial charge in [0, 0.05) is 37.7 Å². The number of carbonyl (C=O) groups is 1. The standard InChI is InChI=1S/C25H22FN5O2/c1-16-2-5-21(26)22(12-16)30-25(32)31-11-7-17-3-4-19(13-18(17)15-31)33-20-6-8-27-23(14-20)24-28-9-10-29-24/h2-6,8-10,12-14H,7,11,15H2,1H3,(H,28,29)(H,30,32). The van der Waals surface area contributed by atoms with Crippen molar-refractivity contribution in [3.63, 3.8) is 0 Å². The smallest absolute Gasteiger partial charge is 0.322 e. The molecule has 33 heavy (non-hydrogen) atoms. The highest BCUT2D eigenvalue weighted by Gasteiger charge is 2.22. The average molecular weight is 443 g/mol. The lowest BCUT2D eigenvalue weighted by molar-refractivity contribution is 0.206. The van der Waals surface area contributed by atoms with Crippen LogP contribution in [-0.2, 0) is 13.0 Å². The molecule has 7 nitrogen and oxygen atoms in total. The first-order valence-corrected chi connectivity index (χ1v) is 10.6. The Bertz CT molecular complexity index is 1310. The number of nitrogens with one attached hydrogen (secondary N) is 2. The van der Waals surface area contributed by atoms with Gasteiger partial charge in [-0.1, -0.05) is 12.1 Å². The number of amides is 2. The van der Waals surface area contributed by atoms with Gasteiger partial charge in [-0.3, -0.25) is 4.98 Å². The minimum atomic E-state index is -0.451. The fourth-order valence-electron chi connectivity index (χ4n) is 3.85. The Labute approximate surface area is 190 Å². The second-order valence-electron chi connectivity index (χ2n) is 7.93. The molecule has 5 rings (SSSR count). The summed E-state index contributed by atoms with van der Waals surface area (Å²) in [5.74, 6) is 1.51. The lowest BCUT2D eigenvalue weighted by Gasteiger charge is -2.29. The second kappa shape index (κ2) is 8.74. The van der Waals surface area contributed by atoms with Gasteiger partial charge in [0.25, 0.3) is 0 Å². The summed E-state index contributed by atoms with van der Waals surface area (Å²) in [6.45, 7) is 2.83. The van der Waals surface area contributed by atoms with Crippen LogP contribution in [0.15, 0.2) is 67.1 Å². The number of halogens is 1. The van der Waals surface area contributed by atoms with E-state index in [1.54, 1.807) is 41.7 Å². The van der Waals surface area contributed by atoms with E-state index in [9.17, 15) is 9.18 Å². The van der Waals surface area contributed by atoms with Crippen molar-refractivity contribution in [3.8, 4) is 23.0 Å². The second-order valence-corrected chi connectivity index (χ2v) is 7.93. The minimum Gasteiger partial charge on any atom is -0.457 e. The van der Waals surface area contributed by atoms with Crippen LogP contribution in [0.4, 0.5) is 14.9 Å². The van der Waals surface area contributed by atoms with Crippen LogP contribution in [0.2, 0.25) is 0 Å². The number of pyridine rings is 1. The van der Waals surface area contributed by atoms with Crippen molar-refractivity contribution in [1.82, 2.24) is 19.9 Å². The van der Waals surface area contributed by atoms with Crippen molar-refractivity contribution < 1.29 is 13.9 Å². The predicted molar refractivity (Wildman–Crippen MR) is 123 cm³/mol. The normalized spacial score (nSPS) is 12.8. The zero-order chi connectivity index (χ0) is 22.8. The van der Waals surface area contributed by atoms with E-state index in [2.05, 4.69) is 20.3 Å². The maximum atomic E-state index is 14.1. The van der Waals surface area contributed by atoms with E-state index in [1.165, 1.54) is 11.6 Å². The van der Waals surface area contributed by atoms with Crippen LogP contribution in [0.1, 0.15) is 16.7 Å². The minimum absolute atomic E-state index is 0.188. The van der Waals surface area contributed by atoms with Crippen LogP contribution < -0.4 is 10.1 Å². The Hall–Kier alpha value is -4.20. The number of imidazole rings is 1. The number of aromatic amines is 1. The van der Waals surface area contributed by atoms with Crippen LogP contribution in [0.25, 0.3) is 11.5 Å². The summed E-state index contributed by atoms with van der Waals surface area (Å²) in [7, 11) is 0. The van der Waals surface area contributed by atoms with Crippen LogP contribution in [0.5, 0.6) is 11.5 Å². The average Bonchev–Trinajstić information content (AvgIpc) is 3.36. The molecule has 2 aromatic heterocycles. The van der Waals surface area contributed by atoms with Gasteiger partial charge in [0.15, 0.2) is 5.82 Å². The largest absolute Gasteiger partial charge is 0.457 e. The van der Waals surface area contributed by atoms with E-state index in [4.69, 9.17) is 4.74 Å². The molecule has 3 heterocycles. The number of H-pyrrole nitrogens is 1. The van der Waals surface area contributed by atoms with Crippen molar-refractivity contribution in [2.24, 2.45) is 0 Å². The number of urea groups is 1. The van der Waals surface area contributed by atoms with Gasteiger partial charge in [0.05, 0.1) is 5.69 Å². The van der Waals surface area contributed by atoms with E-state index < -0.39 is 5.82 Å². The fourth-order valence-corrected chi connectivity index (χ4v) is 3.85. The number of aryl methyl sites for hydroxylation is 1. The Kier molecular flexibility index (Phi) is 5.48. The number of nitrogens with zero attached hydrogens (tertiary/aromatic N) is 3. The SMILES string of the molecule is Cc1ccc(F)c(NC(=O)N2CCc3ccc(Oc4ccnc(-c5ncc[nH]5)c4)cc3C2)c1. The molecule has 2 N–H and O–H groups in total. The van der Waals surface area contributed by atoms with Crippen molar-refractivity contribution >= 4 is 11.7 Å². The molecule has 0 radical (unpaired) electrons. The summed E-state index contributed by atoms with van der Waals surface area (Å²) < 4.78 is 20.1. The zero-order valence-electron chi connectivity index (χ0n) is 18.0. The molecule has 0 saturated heterocycles. The van der Waals surface area contributed by atoms with Gasteiger partial charge >= 0.3 is 6.03 Å². The van der Waals surface area contributed by atoms with Crippen LogP contribution in [-0.4, -0.2) is 32.4 Å². The Morgan fingerprint density at radius 2 is 1.94 bits per heavy atom. The summed E-state index contributed by atoms with van der Waals surface area (Å²) in [4.78, 5) is 26.0. The monoisotopic (exact) mass is 443 g/mol. The molecule has 1 aliphatic rings. The number of hydrogen-bond donors (Lipinski definition) is 2. The third kappa shape index (κ3) is 4.55. The quantitative estimate of drug-likeness (QED) is 0.448. The highest BCUT2D eigenvalue weighted by atomic mass is 19.1. The first-order chi connectivity index (χ1) is 16.0. The molecule has 0 aliphatic carbocycles. The van der Waals surface area contributed by atoms with Crippen LogP contribution in [0.3, 0.4) is 0 Å². The summed E-state index contributed by atoms with van der Waals surface area (Å²) in [6, 6.07) is 13.8. The first-order valence-electron chi connectivity index (χ1n) is 10.6. The number of ether oxygens (including phenoxy) is 1. The summed E-state index contributed by atoms with van der Waals surface area (Å²) in [5, 5.41) is 2.69. The van der Waals surface area contributed by atoms with Crippen LogP contribution >= 0.6 is 0 Å². The Morgan fingerprint density at radius 1 is 1.06 bits per heavy atom. The summed E-state index contributed by atoms with van der Waals surface area (Å²) in [6.07, 6.45) is 5.80. The number of anilines is 1. The fraction of sp³-hybridized carbons (Fsp3) is 0.160. The van der Waals surface area contributed by atoms with Crippen molar-refractivity contribution in [1.29, 1.82) is 0 Å². The van der Waals surface area contributed by atoms with Gasteiger partial charge in [-0.25, -0.2) is 14.2 Å². The third-order valence-corrected chi connectivity index (χ3v) is 5.55. The lowest BCUT2D eigenvalue weighted by Crippen LogP contribution is -2.39. The van der Waals surface area contributed by atoms with Crippen molar-refractivity contribution in [3.05, 3.63) is 89.6 Å². The number of hydrogen-bond acceptors (Lipinski definition) is 4. The number of rotatable bonds is 4. The number of aromatic nitrogens is 3. The van der Waals surface area contributed by atoms with Crippen LogP contribution in [0, 0.1) is 12.7 Å². The molecular weight excluding hydrogens is 421 g/mol. The van der Waals surface area contributed by atoms with E-state index in [-0.39, 0.29) is 11.7 Å². The number of benzene rings is 2. The maximum Gasteiger partial charge on any atom is 0.322 e. The van der Waals surface area contributed by atoms with E-state index in [0.29, 0.717) is 36.1 Å². The Morgan fingerprint density at radius 3 is 2.79 bits per heavy atom. The topological polar surface area (TPSA) is 83.1 Å². The zero-order valence-corrected chi connectivity index (χ0v) is 18.0.